The van der Waals surface area contributed by atoms with Crippen molar-refractivity contribution in [3.05, 3.63) is 71.0 Å². The van der Waals surface area contributed by atoms with Gasteiger partial charge in [0.1, 0.15) is 5.82 Å². The van der Waals surface area contributed by atoms with Crippen molar-refractivity contribution in [2.75, 3.05) is 24.6 Å². The highest BCUT2D eigenvalue weighted by molar-refractivity contribution is 7.91. The maximum atomic E-state index is 13.7. The number of rotatable bonds is 8. The number of sulfone groups is 1. The van der Waals surface area contributed by atoms with E-state index >= 15 is 0 Å². The molecule has 1 atom stereocenters. The quantitative estimate of drug-likeness (QED) is 0.627. The molecular formula is C23H26FN3O3S. The molecule has 0 spiro atoms. The van der Waals surface area contributed by atoms with Crippen molar-refractivity contribution in [3.63, 3.8) is 0 Å². The van der Waals surface area contributed by atoms with E-state index in [9.17, 15) is 17.6 Å². The van der Waals surface area contributed by atoms with Crippen molar-refractivity contribution in [2.24, 2.45) is 0 Å². The van der Waals surface area contributed by atoms with Gasteiger partial charge in [-0.05, 0) is 48.7 Å². The van der Waals surface area contributed by atoms with E-state index in [4.69, 9.17) is 5.26 Å². The van der Waals surface area contributed by atoms with Crippen molar-refractivity contribution in [1.29, 1.82) is 5.26 Å². The number of amides is 1. The Morgan fingerprint density at radius 3 is 2.45 bits per heavy atom. The third kappa shape index (κ3) is 6.36. The van der Waals surface area contributed by atoms with Crippen LogP contribution in [-0.4, -0.2) is 54.8 Å². The van der Waals surface area contributed by atoms with Crippen LogP contribution in [-0.2, 0) is 27.7 Å². The number of benzene rings is 2. The molecule has 1 unspecified atom stereocenters. The number of likely N-dealkylation sites (N-methyl/N-ethyl adjacent to an activating group) is 1. The van der Waals surface area contributed by atoms with Crippen molar-refractivity contribution >= 4 is 15.7 Å². The van der Waals surface area contributed by atoms with E-state index in [1.165, 1.54) is 12.1 Å². The highest BCUT2D eigenvalue weighted by atomic mass is 32.2. The van der Waals surface area contributed by atoms with Gasteiger partial charge in [0.25, 0.3) is 0 Å². The number of halogens is 1. The molecule has 0 radical (unpaired) electrons. The minimum atomic E-state index is -3.10. The number of carbonyl (C=O) groups is 1. The lowest BCUT2D eigenvalue weighted by molar-refractivity contribution is -0.134. The van der Waals surface area contributed by atoms with Gasteiger partial charge in [-0.15, -0.1) is 0 Å². The molecule has 31 heavy (non-hydrogen) atoms. The summed E-state index contributed by atoms with van der Waals surface area (Å²) in [6.07, 6.45) is 0.460. The molecule has 1 heterocycles. The molecule has 0 N–H and O–H groups in total. The Bertz CT molecular complexity index is 1060. The van der Waals surface area contributed by atoms with Crippen LogP contribution < -0.4 is 0 Å². The van der Waals surface area contributed by atoms with Gasteiger partial charge in [0, 0.05) is 25.7 Å². The summed E-state index contributed by atoms with van der Waals surface area (Å²) in [6.45, 7) is 3.17. The molecule has 0 saturated carbocycles. The van der Waals surface area contributed by atoms with Crippen molar-refractivity contribution in [3.8, 4) is 6.07 Å². The van der Waals surface area contributed by atoms with Gasteiger partial charge < -0.3 is 4.90 Å². The SMILES string of the molecule is CCN(C(=O)CN(Cc1ccc(C#N)cc1)Cc1cccc(F)c1)C1CCS(=O)(=O)C1. The van der Waals surface area contributed by atoms with E-state index in [2.05, 4.69) is 6.07 Å². The average Bonchev–Trinajstić information content (AvgIpc) is 3.08. The minimum Gasteiger partial charge on any atom is -0.338 e. The monoisotopic (exact) mass is 443 g/mol. The second-order valence-corrected chi connectivity index (χ2v) is 10.0. The van der Waals surface area contributed by atoms with Gasteiger partial charge in [-0.1, -0.05) is 24.3 Å². The molecule has 6 nitrogen and oxygen atoms in total. The summed E-state index contributed by atoms with van der Waals surface area (Å²) in [7, 11) is -3.10. The van der Waals surface area contributed by atoms with E-state index in [0.717, 1.165) is 11.1 Å². The fourth-order valence-electron chi connectivity index (χ4n) is 3.95. The molecule has 1 saturated heterocycles. The van der Waals surface area contributed by atoms with Crippen LogP contribution in [0.1, 0.15) is 30.0 Å². The fourth-order valence-corrected chi connectivity index (χ4v) is 5.68. The van der Waals surface area contributed by atoms with Crippen LogP contribution >= 0.6 is 0 Å². The van der Waals surface area contributed by atoms with Gasteiger partial charge in [-0.2, -0.15) is 5.26 Å². The molecular weight excluding hydrogens is 417 g/mol. The summed E-state index contributed by atoms with van der Waals surface area (Å²) < 4.78 is 37.4. The Morgan fingerprint density at radius 1 is 1.16 bits per heavy atom. The van der Waals surface area contributed by atoms with Crippen LogP contribution in [0, 0.1) is 17.1 Å². The van der Waals surface area contributed by atoms with Crippen LogP contribution in [0.25, 0.3) is 0 Å². The summed E-state index contributed by atoms with van der Waals surface area (Å²) in [5.74, 6) is -0.366. The van der Waals surface area contributed by atoms with E-state index < -0.39 is 9.84 Å². The Kier molecular flexibility index (Phi) is 7.42. The summed E-state index contributed by atoms with van der Waals surface area (Å²) >= 11 is 0. The number of nitriles is 1. The maximum absolute atomic E-state index is 13.7. The summed E-state index contributed by atoms with van der Waals surface area (Å²) in [6, 6.07) is 15.2. The first-order valence-corrected chi connectivity index (χ1v) is 12.1. The van der Waals surface area contributed by atoms with Crippen LogP contribution in [0.4, 0.5) is 4.39 Å². The molecule has 1 amide bonds. The topological polar surface area (TPSA) is 81.5 Å². The minimum absolute atomic E-state index is 0.00605. The largest absolute Gasteiger partial charge is 0.338 e. The first kappa shape index (κ1) is 22.9. The standard InChI is InChI=1S/C23H26FN3O3S/c1-2-27(22-10-11-31(29,30)17-22)23(28)16-26(15-20-4-3-5-21(24)12-20)14-19-8-6-18(13-25)7-9-19/h3-9,12,22H,2,10-11,14-17H2,1H3. The Morgan fingerprint density at radius 2 is 1.87 bits per heavy atom. The maximum Gasteiger partial charge on any atom is 0.237 e. The summed E-state index contributed by atoms with van der Waals surface area (Å²) in [5.41, 5.74) is 2.22. The molecule has 2 aromatic carbocycles. The molecule has 3 rings (SSSR count). The zero-order valence-electron chi connectivity index (χ0n) is 17.5. The number of hydrogen-bond donors (Lipinski definition) is 0. The van der Waals surface area contributed by atoms with Crippen LogP contribution in [0.15, 0.2) is 48.5 Å². The molecule has 0 aliphatic carbocycles. The van der Waals surface area contributed by atoms with Crippen LogP contribution in [0.5, 0.6) is 0 Å². The van der Waals surface area contributed by atoms with E-state index in [0.29, 0.717) is 31.6 Å². The summed E-state index contributed by atoms with van der Waals surface area (Å²) in [4.78, 5) is 16.7. The van der Waals surface area contributed by atoms with Crippen LogP contribution in [0.3, 0.4) is 0 Å². The molecule has 0 aromatic heterocycles. The van der Waals surface area contributed by atoms with Crippen molar-refractivity contribution in [1.82, 2.24) is 9.80 Å². The predicted octanol–water partition coefficient (Wildman–Crippen LogP) is 2.74. The van der Waals surface area contributed by atoms with E-state index in [1.54, 1.807) is 29.2 Å². The number of carbonyl (C=O) groups excluding carboxylic acids is 1. The molecule has 1 aliphatic rings. The van der Waals surface area contributed by atoms with Gasteiger partial charge in [-0.3, -0.25) is 9.69 Å². The smallest absolute Gasteiger partial charge is 0.237 e. The van der Waals surface area contributed by atoms with Gasteiger partial charge in [0.05, 0.1) is 29.7 Å². The fraction of sp³-hybridized carbons (Fsp3) is 0.391. The molecule has 2 aromatic rings. The van der Waals surface area contributed by atoms with Gasteiger partial charge in [0.15, 0.2) is 9.84 Å². The lowest BCUT2D eigenvalue weighted by atomic mass is 10.1. The first-order chi connectivity index (χ1) is 14.8. The summed E-state index contributed by atoms with van der Waals surface area (Å²) in [5, 5.41) is 8.99. The zero-order valence-corrected chi connectivity index (χ0v) is 18.3. The highest BCUT2D eigenvalue weighted by Crippen LogP contribution is 2.19. The Labute approximate surface area is 182 Å². The van der Waals surface area contributed by atoms with Crippen molar-refractivity contribution < 1.29 is 17.6 Å². The molecule has 8 heteroatoms. The first-order valence-electron chi connectivity index (χ1n) is 10.3. The normalized spacial score (nSPS) is 17.4. The third-order valence-electron chi connectivity index (χ3n) is 5.45. The predicted molar refractivity (Wildman–Crippen MR) is 116 cm³/mol. The van der Waals surface area contributed by atoms with Gasteiger partial charge in [0.2, 0.25) is 5.91 Å². The van der Waals surface area contributed by atoms with Crippen molar-refractivity contribution in [2.45, 2.75) is 32.5 Å². The Balaban J connectivity index is 1.77. The molecule has 0 bridgehead atoms. The molecule has 164 valence electrons. The average molecular weight is 444 g/mol. The number of nitrogens with zero attached hydrogens (tertiary/aromatic N) is 3. The molecule has 1 fully saturated rings. The van der Waals surface area contributed by atoms with Crippen LogP contribution in [0.2, 0.25) is 0 Å². The lowest BCUT2D eigenvalue weighted by Gasteiger charge is -2.30. The molecule has 1 aliphatic heterocycles. The highest BCUT2D eigenvalue weighted by Gasteiger charge is 2.34. The second kappa shape index (κ2) is 10.0. The van der Waals surface area contributed by atoms with E-state index in [-0.39, 0.29) is 35.8 Å². The zero-order chi connectivity index (χ0) is 22.4. The van der Waals surface area contributed by atoms with Gasteiger partial charge in [-0.25, -0.2) is 12.8 Å². The lowest BCUT2D eigenvalue weighted by Crippen LogP contribution is -2.46. The van der Waals surface area contributed by atoms with E-state index in [1.807, 2.05) is 24.0 Å². The second-order valence-electron chi connectivity index (χ2n) is 7.82. The number of hydrogen-bond acceptors (Lipinski definition) is 5. The van der Waals surface area contributed by atoms with Gasteiger partial charge >= 0.3 is 0 Å². The third-order valence-corrected chi connectivity index (χ3v) is 7.20. The Hall–Kier alpha value is -2.76.